The third-order valence-corrected chi connectivity index (χ3v) is 5.62. The summed E-state index contributed by atoms with van der Waals surface area (Å²) in [6, 6.07) is 18.5. The molecule has 0 spiro atoms. The van der Waals surface area contributed by atoms with Crippen molar-refractivity contribution in [3.63, 3.8) is 0 Å². The molecule has 0 aliphatic rings. The van der Waals surface area contributed by atoms with E-state index < -0.39 is 22.0 Å². The van der Waals surface area contributed by atoms with Crippen molar-refractivity contribution in [2.45, 2.75) is 24.8 Å². The Morgan fingerprint density at radius 2 is 1.63 bits per heavy atom. The summed E-state index contributed by atoms with van der Waals surface area (Å²) in [6.07, 6.45) is 0. The minimum Gasteiger partial charge on any atom is -0.342 e. The van der Waals surface area contributed by atoms with Gasteiger partial charge in [-0.25, -0.2) is 18.7 Å². The number of hydrogen-bond acceptors (Lipinski definition) is 5. The number of fused-ring (bicyclic) bond motifs is 1. The molecule has 140 valence electrons. The molecule has 0 amide bonds. The number of rotatable bonds is 6. The SMILES string of the molecule is Cc1ccc(S(=O)(=O)N[C@@H](C)C(=O)ONc2cccc3ccccc23)cc1. The van der Waals surface area contributed by atoms with Crippen molar-refractivity contribution in [1.29, 1.82) is 0 Å². The van der Waals surface area contributed by atoms with Crippen LogP contribution in [0.2, 0.25) is 0 Å². The summed E-state index contributed by atoms with van der Waals surface area (Å²) >= 11 is 0. The van der Waals surface area contributed by atoms with E-state index in [0.717, 1.165) is 16.3 Å². The lowest BCUT2D eigenvalue weighted by molar-refractivity contribution is -0.142. The summed E-state index contributed by atoms with van der Waals surface area (Å²) in [4.78, 5) is 17.4. The highest BCUT2D eigenvalue weighted by Crippen LogP contribution is 2.23. The first-order chi connectivity index (χ1) is 12.9. The molecule has 0 bridgehead atoms. The summed E-state index contributed by atoms with van der Waals surface area (Å²) in [5.74, 6) is -0.737. The van der Waals surface area contributed by atoms with Crippen LogP contribution in [0.1, 0.15) is 12.5 Å². The number of nitrogens with one attached hydrogen (secondary N) is 2. The van der Waals surface area contributed by atoms with Gasteiger partial charge in [-0.05, 0) is 37.4 Å². The van der Waals surface area contributed by atoms with Crippen molar-refractivity contribution >= 4 is 32.5 Å². The zero-order chi connectivity index (χ0) is 19.4. The number of carbonyl (C=O) groups excluding carboxylic acids is 1. The van der Waals surface area contributed by atoms with E-state index in [1.807, 2.05) is 43.3 Å². The van der Waals surface area contributed by atoms with E-state index in [1.54, 1.807) is 18.2 Å². The quantitative estimate of drug-likeness (QED) is 0.637. The first-order valence-corrected chi connectivity index (χ1v) is 9.88. The Bertz CT molecular complexity index is 1060. The fourth-order valence-electron chi connectivity index (χ4n) is 2.57. The molecule has 0 radical (unpaired) electrons. The maximum atomic E-state index is 12.4. The second-order valence-electron chi connectivity index (χ2n) is 6.21. The molecule has 6 nitrogen and oxygen atoms in total. The van der Waals surface area contributed by atoms with Gasteiger partial charge in [0.1, 0.15) is 6.04 Å². The van der Waals surface area contributed by atoms with Crippen LogP contribution in [-0.2, 0) is 19.7 Å². The third kappa shape index (κ3) is 4.45. The van der Waals surface area contributed by atoms with Gasteiger partial charge >= 0.3 is 5.97 Å². The maximum absolute atomic E-state index is 12.4. The van der Waals surface area contributed by atoms with Gasteiger partial charge in [-0.15, -0.1) is 0 Å². The van der Waals surface area contributed by atoms with Crippen LogP contribution in [0, 0.1) is 6.92 Å². The van der Waals surface area contributed by atoms with Crippen LogP contribution < -0.4 is 10.2 Å². The fourth-order valence-corrected chi connectivity index (χ4v) is 3.77. The van der Waals surface area contributed by atoms with E-state index in [9.17, 15) is 13.2 Å². The molecule has 0 unspecified atom stereocenters. The molecule has 1 atom stereocenters. The molecule has 27 heavy (non-hydrogen) atoms. The van der Waals surface area contributed by atoms with Gasteiger partial charge < -0.3 is 4.84 Å². The Morgan fingerprint density at radius 1 is 0.963 bits per heavy atom. The number of benzene rings is 3. The van der Waals surface area contributed by atoms with Crippen LogP contribution in [0.4, 0.5) is 5.69 Å². The van der Waals surface area contributed by atoms with Crippen LogP contribution >= 0.6 is 0 Å². The molecule has 0 aliphatic carbocycles. The largest absolute Gasteiger partial charge is 0.349 e. The number of carbonyl (C=O) groups is 1. The van der Waals surface area contributed by atoms with Crippen molar-refractivity contribution in [3.8, 4) is 0 Å². The highest BCUT2D eigenvalue weighted by Gasteiger charge is 2.23. The van der Waals surface area contributed by atoms with E-state index in [1.165, 1.54) is 19.1 Å². The molecule has 3 aromatic carbocycles. The average molecular weight is 384 g/mol. The van der Waals surface area contributed by atoms with E-state index in [4.69, 9.17) is 4.84 Å². The molecule has 0 heterocycles. The van der Waals surface area contributed by atoms with Gasteiger partial charge in [0.25, 0.3) is 0 Å². The maximum Gasteiger partial charge on any atom is 0.349 e. The van der Waals surface area contributed by atoms with Gasteiger partial charge in [-0.2, -0.15) is 4.72 Å². The Morgan fingerprint density at radius 3 is 2.37 bits per heavy atom. The molecule has 3 aromatic rings. The topological polar surface area (TPSA) is 84.5 Å². The molecule has 0 fully saturated rings. The second-order valence-corrected chi connectivity index (χ2v) is 7.92. The van der Waals surface area contributed by atoms with Crippen molar-refractivity contribution < 1.29 is 18.0 Å². The van der Waals surface area contributed by atoms with E-state index in [0.29, 0.717) is 5.69 Å². The first-order valence-electron chi connectivity index (χ1n) is 8.40. The van der Waals surface area contributed by atoms with E-state index in [2.05, 4.69) is 10.2 Å². The molecule has 7 heteroatoms. The van der Waals surface area contributed by atoms with Crippen molar-refractivity contribution in [2.75, 3.05) is 5.48 Å². The standard InChI is InChI=1S/C20H20N2O4S/c1-14-10-12-17(13-11-14)27(24,25)22-15(2)20(23)26-21-19-9-5-7-16-6-3-4-8-18(16)19/h3-13,15,21-22H,1-2H3/t15-/m0/s1. The second kappa shape index (κ2) is 7.77. The molecule has 0 saturated carbocycles. The number of anilines is 1. The monoisotopic (exact) mass is 384 g/mol. The molecule has 0 saturated heterocycles. The minimum absolute atomic E-state index is 0.0924. The lowest BCUT2D eigenvalue weighted by Gasteiger charge is -2.15. The Balaban J connectivity index is 1.66. The fraction of sp³-hybridized carbons (Fsp3) is 0.150. The van der Waals surface area contributed by atoms with Crippen LogP contribution in [0.15, 0.2) is 71.6 Å². The van der Waals surface area contributed by atoms with E-state index >= 15 is 0 Å². The minimum atomic E-state index is -3.82. The van der Waals surface area contributed by atoms with Crippen molar-refractivity contribution in [1.82, 2.24) is 4.72 Å². The zero-order valence-corrected chi connectivity index (χ0v) is 15.8. The Kier molecular flexibility index (Phi) is 5.43. The highest BCUT2D eigenvalue weighted by atomic mass is 32.2. The van der Waals surface area contributed by atoms with Crippen molar-refractivity contribution in [3.05, 3.63) is 72.3 Å². The van der Waals surface area contributed by atoms with E-state index in [-0.39, 0.29) is 4.90 Å². The van der Waals surface area contributed by atoms with Crippen LogP contribution in [0.5, 0.6) is 0 Å². The van der Waals surface area contributed by atoms with Crippen LogP contribution in [0.3, 0.4) is 0 Å². The number of aryl methyl sites for hydroxylation is 1. The summed E-state index contributed by atoms with van der Waals surface area (Å²) in [5.41, 5.74) is 4.18. The van der Waals surface area contributed by atoms with Gasteiger partial charge in [-0.1, -0.05) is 54.1 Å². The van der Waals surface area contributed by atoms with Gasteiger partial charge in [0.2, 0.25) is 10.0 Å². The van der Waals surface area contributed by atoms with Gasteiger partial charge in [0.15, 0.2) is 0 Å². The lowest BCUT2D eigenvalue weighted by atomic mass is 10.1. The first kappa shape index (κ1) is 18.9. The zero-order valence-electron chi connectivity index (χ0n) is 15.0. The molecule has 3 rings (SSSR count). The molecule has 2 N–H and O–H groups in total. The predicted octanol–water partition coefficient (Wildman–Crippen LogP) is 3.39. The number of hydrogen-bond donors (Lipinski definition) is 2. The van der Waals surface area contributed by atoms with Crippen LogP contribution in [0.25, 0.3) is 10.8 Å². The summed E-state index contributed by atoms with van der Waals surface area (Å²) in [6.45, 7) is 3.29. The Hall–Kier alpha value is -2.90. The molecular weight excluding hydrogens is 364 g/mol. The van der Waals surface area contributed by atoms with Gasteiger partial charge in [0.05, 0.1) is 10.6 Å². The van der Waals surface area contributed by atoms with Crippen LogP contribution in [-0.4, -0.2) is 20.4 Å². The Labute approximate surface area is 158 Å². The average Bonchev–Trinajstić information content (AvgIpc) is 2.66. The summed E-state index contributed by atoms with van der Waals surface area (Å²) in [7, 11) is -3.82. The van der Waals surface area contributed by atoms with Gasteiger partial charge in [-0.3, -0.25) is 0 Å². The number of sulfonamides is 1. The highest BCUT2D eigenvalue weighted by molar-refractivity contribution is 7.89. The predicted molar refractivity (Wildman–Crippen MR) is 105 cm³/mol. The molecule has 0 aliphatic heterocycles. The smallest absolute Gasteiger partial charge is 0.342 e. The van der Waals surface area contributed by atoms with Crippen molar-refractivity contribution in [2.24, 2.45) is 0 Å². The lowest BCUT2D eigenvalue weighted by Crippen LogP contribution is -2.40. The third-order valence-electron chi connectivity index (χ3n) is 4.07. The van der Waals surface area contributed by atoms with Gasteiger partial charge in [0, 0.05) is 5.39 Å². The molecular formula is C20H20N2O4S. The molecule has 0 aromatic heterocycles. The summed E-state index contributed by atoms with van der Waals surface area (Å²) in [5, 5.41) is 1.88. The summed E-state index contributed by atoms with van der Waals surface area (Å²) < 4.78 is 27.1. The normalized spacial score (nSPS) is 12.5.